The summed E-state index contributed by atoms with van der Waals surface area (Å²) in [5.41, 5.74) is 1.05. The molecule has 4 nitrogen and oxygen atoms in total. The first kappa shape index (κ1) is 18.1. The average molecular weight is 294 g/mol. The summed E-state index contributed by atoms with van der Waals surface area (Å²) in [5.74, 6) is 0.678. The van der Waals surface area contributed by atoms with Crippen LogP contribution in [0.4, 0.5) is 0 Å². The second-order valence-corrected chi connectivity index (χ2v) is 6.47. The van der Waals surface area contributed by atoms with Crippen LogP contribution in [-0.4, -0.2) is 21.5 Å². The van der Waals surface area contributed by atoms with Crippen molar-refractivity contribution in [1.29, 1.82) is 0 Å². The summed E-state index contributed by atoms with van der Waals surface area (Å²) in [6.45, 7) is 9.57. The Morgan fingerprint density at radius 2 is 1.71 bits per heavy atom. The molecule has 0 saturated carbocycles. The molecule has 0 radical (unpaired) electrons. The fraction of sp³-hybridized carbons (Fsp3) is 0.882. The Morgan fingerprint density at radius 3 is 2.38 bits per heavy atom. The molecule has 0 spiro atoms. The van der Waals surface area contributed by atoms with E-state index >= 15 is 0 Å². The van der Waals surface area contributed by atoms with Gasteiger partial charge in [0.2, 0.25) is 0 Å². The van der Waals surface area contributed by atoms with Gasteiger partial charge in [0.1, 0.15) is 0 Å². The molecular formula is C17H34N4. The standard InChI is InChI=1S/C17H34N4/c1-4-5-6-7-8-9-10-11-12-21-15-17(19-20-21)14-18-13-16(2)3/h15-16,18H,4-14H2,1-3H3. The van der Waals surface area contributed by atoms with Crippen molar-refractivity contribution in [2.24, 2.45) is 5.92 Å². The van der Waals surface area contributed by atoms with Crippen molar-refractivity contribution < 1.29 is 0 Å². The van der Waals surface area contributed by atoms with Crippen molar-refractivity contribution in [3.63, 3.8) is 0 Å². The number of nitrogens with one attached hydrogen (secondary N) is 1. The van der Waals surface area contributed by atoms with Crippen molar-refractivity contribution in [3.8, 4) is 0 Å². The minimum absolute atomic E-state index is 0.678. The van der Waals surface area contributed by atoms with E-state index in [4.69, 9.17) is 0 Å². The molecule has 122 valence electrons. The van der Waals surface area contributed by atoms with Crippen LogP contribution in [0.1, 0.15) is 77.8 Å². The highest BCUT2D eigenvalue weighted by Crippen LogP contribution is 2.09. The highest BCUT2D eigenvalue weighted by Gasteiger charge is 2.01. The molecule has 1 aromatic heterocycles. The maximum Gasteiger partial charge on any atom is 0.0964 e. The Labute approximate surface area is 130 Å². The molecule has 1 rings (SSSR count). The van der Waals surface area contributed by atoms with E-state index in [-0.39, 0.29) is 0 Å². The zero-order valence-corrected chi connectivity index (χ0v) is 14.3. The second-order valence-electron chi connectivity index (χ2n) is 6.47. The Hall–Kier alpha value is -0.900. The van der Waals surface area contributed by atoms with Crippen molar-refractivity contribution >= 4 is 0 Å². The number of unbranched alkanes of at least 4 members (excludes halogenated alkanes) is 7. The SMILES string of the molecule is CCCCCCCCCCn1cc(CNCC(C)C)nn1. The lowest BCUT2D eigenvalue weighted by Gasteiger charge is -2.04. The van der Waals surface area contributed by atoms with Gasteiger partial charge in [-0.15, -0.1) is 5.10 Å². The van der Waals surface area contributed by atoms with E-state index in [1.807, 2.05) is 4.68 Å². The average Bonchev–Trinajstić information content (AvgIpc) is 2.89. The van der Waals surface area contributed by atoms with Crippen LogP contribution in [0.25, 0.3) is 0 Å². The van der Waals surface area contributed by atoms with Crippen molar-refractivity contribution in [1.82, 2.24) is 20.3 Å². The van der Waals surface area contributed by atoms with Crippen molar-refractivity contribution in [3.05, 3.63) is 11.9 Å². The van der Waals surface area contributed by atoms with Gasteiger partial charge in [-0.05, 0) is 18.9 Å². The summed E-state index contributed by atoms with van der Waals surface area (Å²) in [7, 11) is 0. The van der Waals surface area contributed by atoms with Gasteiger partial charge in [0.25, 0.3) is 0 Å². The summed E-state index contributed by atoms with van der Waals surface area (Å²) in [5, 5.41) is 11.8. The van der Waals surface area contributed by atoms with Crippen LogP contribution < -0.4 is 5.32 Å². The number of rotatable bonds is 13. The Bertz CT molecular complexity index is 346. The topological polar surface area (TPSA) is 42.7 Å². The van der Waals surface area contributed by atoms with E-state index in [1.165, 1.54) is 51.4 Å². The molecule has 0 atom stereocenters. The summed E-state index contributed by atoms with van der Waals surface area (Å²) in [6.07, 6.45) is 12.9. The first-order chi connectivity index (χ1) is 10.2. The van der Waals surface area contributed by atoms with E-state index in [2.05, 4.69) is 42.6 Å². The van der Waals surface area contributed by atoms with Crippen LogP contribution in [0.3, 0.4) is 0 Å². The summed E-state index contributed by atoms with van der Waals surface area (Å²) < 4.78 is 1.99. The predicted molar refractivity (Wildman–Crippen MR) is 89.2 cm³/mol. The van der Waals surface area contributed by atoms with Crippen molar-refractivity contribution in [2.45, 2.75) is 85.2 Å². The molecule has 4 heteroatoms. The lowest BCUT2D eigenvalue weighted by Crippen LogP contribution is -2.19. The summed E-state index contributed by atoms with van der Waals surface area (Å²) in [4.78, 5) is 0. The Balaban J connectivity index is 2.01. The molecular weight excluding hydrogens is 260 g/mol. The fourth-order valence-corrected chi connectivity index (χ4v) is 2.43. The third-order valence-electron chi connectivity index (χ3n) is 3.69. The third kappa shape index (κ3) is 9.62. The maximum absolute atomic E-state index is 4.21. The van der Waals surface area contributed by atoms with Crippen molar-refractivity contribution in [2.75, 3.05) is 6.54 Å². The molecule has 0 bridgehead atoms. The minimum atomic E-state index is 0.678. The maximum atomic E-state index is 4.21. The molecule has 1 aromatic rings. The number of nitrogens with zero attached hydrogens (tertiary/aromatic N) is 3. The van der Waals surface area contributed by atoms with E-state index in [0.29, 0.717) is 5.92 Å². The minimum Gasteiger partial charge on any atom is -0.311 e. The van der Waals surface area contributed by atoms with Gasteiger partial charge >= 0.3 is 0 Å². The van der Waals surface area contributed by atoms with Gasteiger partial charge in [0, 0.05) is 19.3 Å². The van der Waals surface area contributed by atoms with Gasteiger partial charge in [0.15, 0.2) is 0 Å². The van der Waals surface area contributed by atoms with Crippen LogP contribution in [0.15, 0.2) is 6.20 Å². The molecule has 0 fully saturated rings. The second kappa shape index (κ2) is 11.7. The van der Waals surface area contributed by atoms with E-state index in [0.717, 1.165) is 25.3 Å². The quantitative estimate of drug-likeness (QED) is 0.555. The van der Waals surface area contributed by atoms with E-state index in [1.54, 1.807) is 0 Å². The molecule has 0 aliphatic carbocycles. The molecule has 0 aromatic carbocycles. The first-order valence-electron chi connectivity index (χ1n) is 8.82. The van der Waals surface area contributed by atoms with Crippen LogP contribution in [0.5, 0.6) is 0 Å². The lowest BCUT2D eigenvalue weighted by atomic mass is 10.1. The Kier molecular flexibility index (Phi) is 10.1. The van der Waals surface area contributed by atoms with Gasteiger partial charge in [-0.2, -0.15) is 0 Å². The zero-order valence-electron chi connectivity index (χ0n) is 14.3. The molecule has 0 aliphatic rings. The first-order valence-corrected chi connectivity index (χ1v) is 8.82. The molecule has 0 saturated heterocycles. The highest BCUT2D eigenvalue weighted by molar-refractivity contribution is 4.91. The van der Waals surface area contributed by atoms with Gasteiger partial charge < -0.3 is 5.32 Å². The van der Waals surface area contributed by atoms with E-state index in [9.17, 15) is 0 Å². The summed E-state index contributed by atoms with van der Waals surface area (Å²) in [6, 6.07) is 0. The smallest absolute Gasteiger partial charge is 0.0964 e. The predicted octanol–water partition coefficient (Wildman–Crippen LogP) is 4.16. The van der Waals surface area contributed by atoms with Gasteiger partial charge in [0.05, 0.1) is 5.69 Å². The third-order valence-corrected chi connectivity index (χ3v) is 3.69. The molecule has 0 amide bonds. The van der Waals surface area contributed by atoms with Crippen LogP contribution in [0, 0.1) is 5.92 Å². The van der Waals surface area contributed by atoms with Crippen LogP contribution in [0.2, 0.25) is 0 Å². The molecule has 0 aliphatic heterocycles. The molecule has 1 heterocycles. The summed E-state index contributed by atoms with van der Waals surface area (Å²) >= 11 is 0. The van der Waals surface area contributed by atoms with Crippen LogP contribution >= 0.6 is 0 Å². The Morgan fingerprint density at radius 1 is 1.05 bits per heavy atom. The number of hydrogen-bond donors (Lipinski definition) is 1. The number of hydrogen-bond acceptors (Lipinski definition) is 3. The van der Waals surface area contributed by atoms with E-state index < -0.39 is 0 Å². The molecule has 0 unspecified atom stereocenters. The number of aromatic nitrogens is 3. The van der Waals surface area contributed by atoms with Gasteiger partial charge in [-0.3, -0.25) is 4.68 Å². The largest absolute Gasteiger partial charge is 0.311 e. The molecule has 21 heavy (non-hydrogen) atoms. The lowest BCUT2D eigenvalue weighted by molar-refractivity contribution is 0.510. The van der Waals surface area contributed by atoms with Crippen LogP contribution in [-0.2, 0) is 13.1 Å². The monoisotopic (exact) mass is 294 g/mol. The highest BCUT2D eigenvalue weighted by atomic mass is 15.4. The number of aryl methyl sites for hydroxylation is 1. The van der Waals surface area contributed by atoms with Gasteiger partial charge in [-0.1, -0.05) is 70.9 Å². The zero-order chi connectivity index (χ0) is 15.3. The normalized spacial score (nSPS) is 11.4. The fourth-order valence-electron chi connectivity index (χ4n) is 2.43. The molecule has 1 N–H and O–H groups in total. The van der Waals surface area contributed by atoms with Gasteiger partial charge in [-0.25, -0.2) is 0 Å².